The molecule has 0 unspecified atom stereocenters. The highest BCUT2D eigenvalue weighted by atomic mass is 32.1. The van der Waals surface area contributed by atoms with Crippen LogP contribution in [0.1, 0.15) is 40.5 Å². The van der Waals surface area contributed by atoms with Gasteiger partial charge in [-0.1, -0.05) is 49.8 Å². The van der Waals surface area contributed by atoms with Crippen molar-refractivity contribution in [2.75, 3.05) is 5.32 Å². The van der Waals surface area contributed by atoms with Gasteiger partial charge in [0.1, 0.15) is 5.01 Å². The fourth-order valence-corrected chi connectivity index (χ4v) is 4.20. The minimum Gasteiger partial charge on any atom is -0.296 e. The first kappa shape index (κ1) is 15.1. The van der Waals surface area contributed by atoms with Crippen LogP contribution in [0.5, 0.6) is 0 Å². The van der Waals surface area contributed by atoms with Crippen LogP contribution in [-0.2, 0) is 12.8 Å². The highest BCUT2D eigenvalue weighted by Crippen LogP contribution is 2.33. The van der Waals surface area contributed by atoms with Crippen LogP contribution < -0.4 is 5.32 Å². The number of nitrogens with zero attached hydrogens (tertiary/aromatic N) is 2. The zero-order chi connectivity index (χ0) is 15.5. The molecule has 22 heavy (non-hydrogen) atoms. The predicted octanol–water partition coefficient (Wildman–Crippen LogP) is 4.52. The lowest BCUT2D eigenvalue weighted by Crippen LogP contribution is -2.12. The van der Waals surface area contributed by atoms with Crippen molar-refractivity contribution in [2.45, 2.75) is 33.1 Å². The Morgan fingerprint density at radius 1 is 1.18 bits per heavy atom. The number of hydrogen-bond donors (Lipinski definition) is 1. The molecular weight excluding hydrogens is 314 g/mol. The van der Waals surface area contributed by atoms with E-state index < -0.39 is 0 Å². The highest BCUT2D eigenvalue weighted by Gasteiger charge is 2.18. The van der Waals surface area contributed by atoms with E-state index in [9.17, 15) is 4.79 Å². The first-order valence-corrected chi connectivity index (χ1v) is 9.00. The van der Waals surface area contributed by atoms with Crippen LogP contribution in [0.3, 0.4) is 0 Å². The lowest BCUT2D eigenvalue weighted by molar-refractivity contribution is 0.102. The number of fused-ring (bicyclic) bond motifs is 1. The van der Waals surface area contributed by atoms with Gasteiger partial charge in [0.15, 0.2) is 0 Å². The van der Waals surface area contributed by atoms with E-state index in [0.29, 0.717) is 5.13 Å². The Hall–Kier alpha value is -1.79. The third-order valence-electron chi connectivity index (χ3n) is 3.39. The van der Waals surface area contributed by atoms with Crippen molar-refractivity contribution < 1.29 is 4.79 Å². The molecule has 2 heterocycles. The van der Waals surface area contributed by atoms with Crippen molar-refractivity contribution in [3.05, 3.63) is 39.7 Å². The zero-order valence-electron chi connectivity index (χ0n) is 12.5. The molecule has 2 aromatic heterocycles. The predicted molar refractivity (Wildman–Crippen MR) is 93.1 cm³/mol. The molecule has 0 radical (unpaired) electrons. The second-order valence-electron chi connectivity index (χ2n) is 4.96. The van der Waals surface area contributed by atoms with E-state index in [1.54, 1.807) is 11.3 Å². The van der Waals surface area contributed by atoms with E-state index in [0.717, 1.165) is 39.4 Å². The molecule has 0 aliphatic rings. The molecule has 0 saturated carbocycles. The average Bonchev–Trinajstić information content (AvgIpc) is 3.12. The summed E-state index contributed by atoms with van der Waals surface area (Å²) in [5, 5.41) is 13.6. The van der Waals surface area contributed by atoms with Gasteiger partial charge in [0.25, 0.3) is 5.91 Å². The lowest BCUT2D eigenvalue weighted by Gasteiger charge is -2.03. The van der Waals surface area contributed by atoms with Crippen molar-refractivity contribution in [3.63, 3.8) is 0 Å². The summed E-state index contributed by atoms with van der Waals surface area (Å²) < 4.78 is 1.16. The van der Waals surface area contributed by atoms with Crippen LogP contribution >= 0.6 is 22.7 Å². The molecule has 3 rings (SSSR count). The van der Waals surface area contributed by atoms with Crippen molar-refractivity contribution in [2.24, 2.45) is 0 Å². The first-order chi connectivity index (χ1) is 10.7. The SMILES string of the molecule is CCCc1c(C(=O)Nc2nnc(CC)s2)sc2ccccc12. The molecule has 1 N–H and O–H groups in total. The molecular formula is C16H17N3OS2. The van der Waals surface area contributed by atoms with E-state index in [4.69, 9.17) is 0 Å². The Bertz CT molecular complexity index is 807. The number of aromatic nitrogens is 2. The Morgan fingerprint density at radius 3 is 2.73 bits per heavy atom. The molecule has 0 saturated heterocycles. The van der Waals surface area contributed by atoms with Crippen LogP contribution in [0.2, 0.25) is 0 Å². The maximum atomic E-state index is 12.6. The molecule has 0 fully saturated rings. The Balaban J connectivity index is 1.94. The van der Waals surface area contributed by atoms with E-state index in [1.165, 1.54) is 16.7 Å². The minimum atomic E-state index is -0.0801. The zero-order valence-corrected chi connectivity index (χ0v) is 14.2. The van der Waals surface area contributed by atoms with E-state index in [-0.39, 0.29) is 5.91 Å². The van der Waals surface area contributed by atoms with Gasteiger partial charge >= 0.3 is 0 Å². The Labute approximate surface area is 137 Å². The summed E-state index contributed by atoms with van der Waals surface area (Å²) in [6.07, 6.45) is 2.75. The quantitative estimate of drug-likeness (QED) is 0.748. The van der Waals surface area contributed by atoms with Crippen LogP contribution in [0.15, 0.2) is 24.3 Å². The topological polar surface area (TPSA) is 54.9 Å². The average molecular weight is 331 g/mol. The van der Waals surface area contributed by atoms with Gasteiger partial charge < -0.3 is 0 Å². The van der Waals surface area contributed by atoms with Crippen molar-refractivity contribution in [1.29, 1.82) is 0 Å². The summed E-state index contributed by atoms with van der Waals surface area (Å²) in [7, 11) is 0. The monoisotopic (exact) mass is 331 g/mol. The second kappa shape index (κ2) is 6.54. The summed E-state index contributed by atoms with van der Waals surface area (Å²) in [5.41, 5.74) is 1.14. The first-order valence-electron chi connectivity index (χ1n) is 7.37. The largest absolute Gasteiger partial charge is 0.296 e. The standard InChI is InChI=1S/C16H17N3OS2/c1-3-7-11-10-8-5-6-9-12(10)21-14(11)15(20)17-16-19-18-13(4-2)22-16/h5-6,8-9H,3-4,7H2,1-2H3,(H,17,19,20). The Morgan fingerprint density at radius 2 is 2.00 bits per heavy atom. The molecule has 6 heteroatoms. The van der Waals surface area contributed by atoms with Gasteiger partial charge in [-0.3, -0.25) is 10.1 Å². The third kappa shape index (κ3) is 2.89. The fraction of sp³-hybridized carbons (Fsp3) is 0.312. The van der Waals surface area contributed by atoms with Gasteiger partial charge in [0.2, 0.25) is 5.13 Å². The molecule has 1 aromatic carbocycles. The summed E-state index contributed by atoms with van der Waals surface area (Å²) in [4.78, 5) is 13.4. The van der Waals surface area contributed by atoms with E-state index in [2.05, 4.69) is 34.6 Å². The van der Waals surface area contributed by atoms with Gasteiger partial charge in [-0.05, 0) is 29.9 Å². The maximum Gasteiger partial charge on any atom is 0.267 e. The number of thiophene rings is 1. The van der Waals surface area contributed by atoms with Crippen LogP contribution in [0.25, 0.3) is 10.1 Å². The number of benzene rings is 1. The minimum absolute atomic E-state index is 0.0801. The number of carbonyl (C=O) groups is 1. The second-order valence-corrected chi connectivity index (χ2v) is 7.08. The summed E-state index contributed by atoms with van der Waals surface area (Å²) in [6, 6.07) is 8.19. The molecule has 0 aliphatic carbocycles. The third-order valence-corrected chi connectivity index (χ3v) is 5.59. The van der Waals surface area contributed by atoms with Crippen LogP contribution in [-0.4, -0.2) is 16.1 Å². The lowest BCUT2D eigenvalue weighted by atomic mass is 10.1. The normalized spacial score (nSPS) is 11.0. The van der Waals surface area contributed by atoms with Crippen molar-refractivity contribution in [1.82, 2.24) is 10.2 Å². The maximum absolute atomic E-state index is 12.6. The number of aryl methyl sites for hydroxylation is 2. The molecule has 0 atom stereocenters. The van der Waals surface area contributed by atoms with Gasteiger partial charge in [-0.25, -0.2) is 0 Å². The van der Waals surface area contributed by atoms with E-state index >= 15 is 0 Å². The number of anilines is 1. The Kier molecular flexibility index (Phi) is 4.49. The van der Waals surface area contributed by atoms with Gasteiger partial charge in [-0.15, -0.1) is 21.5 Å². The van der Waals surface area contributed by atoms with Crippen molar-refractivity contribution in [3.8, 4) is 0 Å². The molecule has 4 nitrogen and oxygen atoms in total. The van der Waals surface area contributed by atoms with Gasteiger partial charge in [0, 0.05) is 4.70 Å². The number of nitrogens with one attached hydrogen (secondary N) is 1. The molecule has 1 amide bonds. The molecule has 0 bridgehead atoms. The van der Waals surface area contributed by atoms with Gasteiger partial charge in [-0.2, -0.15) is 0 Å². The van der Waals surface area contributed by atoms with Crippen molar-refractivity contribution >= 4 is 43.8 Å². The molecule has 0 spiro atoms. The number of amides is 1. The van der Waals surface area contributed by atoms with E-state index in [1.807, 2.05) is 19.1 Å². The van der Waals surface area contributed by atoms with Crippen LogP contribution in [0.4, 0.5) is 5.13 Å². The fourth-order valence-electron chi connectivity index (χ4n) is 2.38. The summed E-state index contributed by atoms with van der Waals surface area (Å²) in [6.45, 7) is 4.16. The molecule has 3 aromatic rings. The summed E-state index contributed by atoms with van der Waals surface area (Å²) >= 11 is 2.98. The highest BCUT2D eigenvalue weighted by molar-refractivity contribution is 7.21. The number of carbonyl (C=O) groups excluding carboxylic acids is 1. The summed E-state index contributed by atoms with van der Waals surface area (Å²) in [5.74, 6) is -0.0801. The number of rotatable bonds is 5. The number of hydrogen-bond acceptors (Lipinski definition) is 5. The van der Waals surface area contributed by atoms with Crippen LogP contribution in [0, 0.1) is 0 Å². The molecule has 114 valence electrons. The smallest absolute Gasteiger partial charge is 0.267 e. The van der Waals surface area contributed by atoms with Gasteiger partial charge in [0.05, 0.1) is 4.88 Å². The molecule has 0 aliphatic heterocycles.